The zero-order valence-electron chi connectivity index (χ0n) is 10.8. The molecule has 102 valence electrons. The molecule has 3 rings (SSSR count). The number of aromatic amines is 1. The summed E-state index contributed by atoms with van der Waals surface area (Å²) in [6.45, 7) is 0. The Morgan fingerprint density at radius 3 is 2.90 bits per heavy atom. The van der Waals surface area contributed by atoms with Crippen molar-refractivity contribution in [3.8, 4) is 5.75 Å². The van der Waals surface area contributed by atoms with Gasteiger partial charge in [-0.2, -0.15) is 0 Å². The molecule has 0 aliphatic rings. The third-order valence-corrected chi connectivity index (χ3v) is 2.93. The fraction of sp³-hybridized carbons (Fsp3) is 0.0714. The minimum Gasteiger partial charge on any atom is -0.497 e. The van der Waals surface area contributed by atoms with Gasteiger partial charge in [0, 0.05) is 11.8 Å². The van der Waals surface area contributed by atoms with E-state index in [0.717, 1.165) is 11.0 Å². The SMILES string of the molecule is COc1ccc(F)c(Nc2nc3ccc(N)cc3[nH]2)c1. The molecule has 0 amide bonds. The fourth-order valence-corrected chi connectivity index (χ4v) is 1.94. The van der Waals surface area contributed by atoms with Crippen molar-refractivity contribution in [2.45, 2.75) is 0 Å². The Bertz CT molecular complexity index is 769. The van der Waals surface area contributed by atoms with E-state index in [2.05, 4.69) is 15.3 Å². The molecular weight excluding hydrogens is 259 g/mol. The van der Waals surface area contributed by atoms with Crippen molar-refractivity contribution in [2.24, 2.45) is 0 Å². The Morgan fingerprint density at radius 1 is 1.25 bits per heavy atom. The van der Waals surface area contributed by atoms with Gasteiger partial charge in [0.15, 0.2) is 0 Å². The lowest BCUT2D eigenvalue weighted by atomic mass is 10.3. The first kappa shape index (κ1) is 12.3. The first-order chi connectivity index (χ1) is 9.65. The molecule has 4 N–H and O–H groups in total. The summed E-state index contributed by atoms with van der Waals surface area (Å²) in [6.07, 6.45) is 0. The van der Waals surface area contributed by atoms with Gasteiger partial charge in [-0.15, -0.1) is 0 Å². The van der Waals surface area contributed by atoms with Crippen molar-refractivity contribution in [1.29, 1.82) is 0 Å². The van der Waals surface area contributed by atoms with Gasteiger partial charge >= 0.3 is 0 Å². The summed E-state index contributed by atoms with van der Waals surface area (Å²) < 4.78 is 18.8. The quantitative estimate of drug-likeness (QED) is 0.640. The molecule has 0 saturated carbocycles. The molecule has 0 radical (unpaired) electrons. The van der Waals surface area contributed by atoms with Crippen molar-refractivity contribution >= 4 is 28.4 Å². The zero-order chi connectivity index (χ0) is 14.1. The van der Waals surface area contributed by atoms with Crippen LogP contribution < -0.4 is 15.8 Å². The van der Waals surface area contributed by atoms with Crippen LogP contribution in [0.5, 0.6) is 5.75 Å². The van der Waals surface area contributed by atoms with Crippen molar-refractivity contribution in [1.82, 2.24) is 9.97 Å². The number of benzene rings is 2. The standard InChI is InChI=1S/C14H13FN4O/c1-20-9-3-4-10(15)12(7-9)18-14-17-11-5-2-8(16)6-13(11)19-14/h2-7H,16H2,1H3,(H2,17,18,19). The van der Waals surface area contributed by atoms with E-state index in [9.17, 15) is 4.39 Å². The van der Waals surface area contributed by atoms with Crippen LogP contribution in [0, 0.1) is 5.82 Å². The number of nitrogens with one attached hydrogen (secondary N) is 2. The molecule has 6 heteroatoms. The number of nitrogens with zero attached hydrogens (tertiary/aromatic N) is 1. The molecule has 0 fully saturated rings. The van der Waals surface area contributed by atoms with Gasteiger partial charge < -0.3 is 20.8 Å². The predicted octanol–water partition coefficient (Wildman–Crippen LogP) is 3.04. The summed E-state index contributed by atoms with van der Waals surface area (Å²) in [7, 11) is 1.53. The maximum Gasteiger partial charge on any atom is 0.205 e. The summed E-state index contributed by atoms with van der Waals surface area (Å²) in [5, 5.41) is 2.89. The van der Waals surface area contributed by atoms with E-state index in [0.29, 0.717) is 17.4 Å². The highest BCUT2D eigenvalue weighted by Crippen LogP contribution is 2.25. The van der Waals surface area contributed by atoms with E-state index in [1.54, 1.807) is 30.3 Å². The average Bonchev–Trinajstić information content (AvgIpc) is 2.82. The Balaban J connectivity index is 1.96. The molecular formula is C14H13FN4O. The second-order valence-electron chi connectivity index (χ2n) is 4.33. The van der Waals surface area contributed by atoms with Gasteiger partial charge in [0.1, 0.15) is 11.6 Å². The molecule has 0 bridgehead atoms. The fourth-order valence-electron chi connectivity index (χ4n) is 1.94. The Hall–Kier alpha value is -2.76. The van der Waals surface area contributed by atoms with Crippen LogP contribution in [0.4, 0.5) is 21.7 Å². The number of imidazole rings is 1. The summed E-state index contributed by atoms with van der Waals surface area (Å²) in [6, 6.07) is 9.79. The second kappa shape index (κ2) is 4.73. The number of aromatic nitrogens is 2. The van der Waals surface area contributed by atoms with E-state index in [1.807, 2.05) is 0 Å². The van der Waals surface area contributed by atoms with Gasteiger partial charge in [0.2, 0.25) is 5.95 Å². The Morgan fingerprint density at radius 2 is 2.10 bits per heavy atom. The van der Waals surface area contributed by atoms with Crippen LogP contribution in [0.3, 0.4) is 0 Å². The van der Waals surface area contributed by atoms with Gasteiger partial charge in [-0.05, 0) is 30.3 Å². The van der Waals surface area contributed by atoms with E-state index < -0.39 is 0 Å². The number of rotatable bonds is 3. The average molecular weight is 272 g/mol. The van der Waals surface area contributed by atoms with E-state index in [1.165, 1.54) is 13.2 Å². The van der Waals surface area contributed by atoms with Gasteiger partial charge in [-0.3, -0.25) is 0 Å². The first-order valence-corrected chi connectivity index (χ1v) is 6.01. The number of methoxy groups -OCH3 is 1. The lowest BCUT2D eigenvalue weighted by molar-refractivity contribution is 0.414. The van der Waals surface area contributed by atoms with Gasteiger partial charge in [0.05, 0.1) is 23.8 Å². The second-order valence-corrected chi connectivity index (χ2v) is 4.33. The van der Waals surface area contributed by atoms with Crippen LogP contribution in [0.15, 0.2) is 36.4 Å². The van der Waals surface area contributed by atoms with E-state index >= 15 is 0 Å². The molecule has 3 aromatic rings. The number of anilines is 3. The van der Waals surface area contributed by atoms with E-state index in [-0.39, 0.29) is 11.5 Å². The summed E-state index contributed by atoms with van der Waals surface area (Å²) >= 11 is 0. The third-order valence-electron chi connectivity index (χ3n) is 2.93. The van der Waals surface area contributed by atoms with Gasteiger partial charge in [0.25, 0.3) is 0 Å². The molecule has 0 aliphatic carbocycles. The van der Waals surface area contributed by atoms with Gasteiger partial charge in [-0.1, -0.05) is 0 Å². The molecule has 1 aromatic heterocycles. The van der Waals surface area contributed by atoms with E-state index in [4.69, 9.17) is 10.5 Å². The number of nitrogens with two attached hydrogens (primary N) is 1. The van der Waals surface area contributed by atoms with Crippen LogP contribution >= 0.6 is 0 Å². The normalized spacial score (nSPS) is 10.7. The van der Waals surface area contributed by atoms with Crippen molar-refractivity contribution < 1.29 is 9.13 Å². The van der Waals surface area contributed by atoms with Crippen LogP contribution in [-0.2, 0) is 0 Å². The summed E-state index contributed by atoms with van der Waals surface area (Å²) in [4.78, 5) is 7.36. The number of hydrogen-bond acceptors (Lipinski definition) is 4. The largest absolute Gasteiger partial charge is 0.497 e. The smallest absolute Gasteiger partial charge is 0.205 e. The van der Waals surface area contributed by atoms with Crippen molar-refractivity contribution in [3.63, 3.8) is 0 Å². The number of hydrogen-bond donors (Lipinski definition) is 3. The lowest BCUT2D eigenvalue weighted by Gasteiger charge is -2.06. The molecule has 5 nitrogen and oxygen atoms in total. The highest BCUT2D eigenvalue weighted by atomic mass is 19.1. The number of H-pyrrole nitrogens is 1. The molecule has 0 spiro atoms. The topological polar surface area (TPSA) is 76.0 Å². The van der Waals surface area contributed by atoms with Crippen LogP contribution in [0.2, 0.25) is 0 Å². The highest BCUT2D eigenvalue weighted by molar-refractivity contribution is 5.81. The summed E-state index contributed by atoms with van der Waals surface area (Å²) in [5.74, 6) is 0.623. The predicted molar refractivity (Wildman–Crippen MR) is 76.7 cm³/mol. The van der Waals surface area contributed by atoms with Crippen LogP contribution in [0.25, 0.3) is 11.0 Å². The highest BCUT2D eigenvalue weighted by Gasteiger charge is 2.08. The molecule has 1 heterocycles. The number of ether oxygens (including phenoxy) is 1. The number of nitrogen functional groups attached to an aromatic ring is 1. The Kier molecular flexibility index (Phi) is 2.90. The molecule has 20 heavy (non-hydrogen) atoms. The van der Waals surface area contributed by atoms with Crippen molar-refractivity contribution in [3.05, 3.63) is 42.2 Å². The Labute approximate surface area is 114 Å². The molecule has 0 unspecified atom stereocenters. The number of halogens is 1. The first-order valence-electron chi connectivity index (χ1n) is 6.01. The zero-order valence-corrected chi connectivity index (χ0v) is 10.8. The van der Waals surface area contributed by atoms with Crippen LogP contribution in [-0.4, -0.2) is 17.1 Å². The summed E-state index contributed by atoms with van der Waals surface area (Å²) in [5.41, 5.74) is 8.17. The molecule has 0 saturated heterocycles. The molecule has 2 aromatic carbocycles. The van der Waals surface area contributed by atoms with Gasteiger partial charge in [-0.25, -0.2) is 9.37 Å². The molecule has 0 aliphatic heterocycles. The lowest BCUT2D eigenvalue weighted by Crippen LogP contribution is -1.96. The maximum absolute atomic E-state index is 13.7. The minimum absolute atomic E-state index is 0.288. The maximum atomic E-state index is 13.7. The van der Waals surface area contributed by atoms with Crippen LogP contribution in [0.1, 0.15) is 0 Å². The third kappa shape index (κ3) is 2.23. The van der Waals surface area contributed by atoms with Crippen molar-refractivity contribution in [2.75, 3.05) is 18.2 Å². The number of fused-ring (bicyclic) bond motifs is 1. The minimum atomic E-state index is -0.384. The molecule has 0 atom stereocenters. The monoisotopic (exact) mass is 272 g/mol.